The fourth-order valence-electron chi connectivity index (χ4n) is 1.96. The molecule has 3 nitrogen and oxygen atoms in total. The standard InChI is InChI=1S/C16H18N2O/c1-3-4-15-10-9-14(11-18-15)12-5-7-13(8-6-12)16(19)17-2/h5-11H,3-4H2,1-2H3,(H,17,19). The van der Waals surface area contributed by atoms with Crippen LogP contribution in [0.5, 0.6) is 0 Å². The molecule has 0 aliphatic heterocycles. The van der Waals surface area contributed by atoms with Crippen molar-refractivity contribution in [2.24, 2.45) is 0 Å². The van der Waals surface area contributed by atoms with Crippen LogP contribution >= 0.6 is 0 Å². The third kappa shape index (κ3) is 3.19. The van der Waals surface area contributed by atoms with Crippen molar-refractivity contribution in [3.05, 3.63) is 53.9 Å². The number of pyridine rings is 1. The second kappa shape index (κ2) is 6.14. The van der Waals surface area contributed by atoms with Gasteiger partial charge in [-0.3, -0.25) is 9.78 Å². The topological polar surface area (TPSA) is 42.0 Å². The third-order valence-corrected chi connectivity index (χ3v) is 3.04. The number of aryl methyl sites for hydroxylation is 1. The zero-order valence-electron chi connectivity index (χ0n) is 11.3. The molecule has 1 aromatic carbocycles. The van der Waals surface area contributed by atoms with Gasteiger partial charge in [-0.05, 0) is 30.2 Å². The van der Waals surface area contributed by atoms with Crippen molar-refractivity contribution in [3.63, 3.8) is 0 Å². The second-order valence-corrected chi connectivity index (χ2v) is 4.44. The van der Waals surface area contributed by atoms with Gasteiger partial charge >= 0.3 is 0 Å². The number of hydrogen-bond donors (Lipinski definition) is 1. The highest BCUT2D eigenvalue weighted by Crippen LogP contribution is 2.19. The smallest absolute Gasteiger partial charge is 0.251 e. The highest BCUT2D eigenvalue weighted by Gasteiger charge is 2.04. The molecule has 0 saturated heterocycles. The lowest BCUT2D eigenvalue weighted by Gasteiger charge is -2.04. The third-order valence-electron chi connectivity index (χ3n) is 3.04. The first-order valence-electron chi connectivity index (χ1n) is 6.52. The average molecular weight is 254 g/mol. The number of aromatic nitrogens is 1. The van der Waals surface area contributed by atoms with E-state index in [2.05, 4.69) is 29.4 Å². The maximum Gasteiger partial charge on any atom is 0.251 e. The lowest BCUT2D eigenvalue weighted by molar-refractivity contribution is 0.0963. The Morgan fingerprint density at radius 1 is 1.11 bits per heavy atom. The van der Waals surface area contributed by atoms with E-state index >= 15 is 0 Å². The monoisotopic (exact) mass is 254 g/mol. The Bertz CT molecular complexity index is 544. The van der Waals surface area contributed by atoms with Gasteiger partial charge in [-0.1, -0.05) is 31.5 Å². The van der Waals surface area contributed by atoms with Gasteiger partial charge in [0.05, 0.1) is 0 Å². The molecule has 3 heteroatoms. The number of carbonyl (C=O) groups is 1. The molecule has 0 radical (unpaired) electrons. The van der Waals surface area contributed by atoms with Gasteiger partial charge in [0.15, 0.2) is 0 Å². The van der Waals surface area contributed by atoms with E-state index in [1.54, 1.807) is 7.05 Å². The number of carbonyl (C=O) groups excluding carboxylic acids is 1. The molecule has 98 valence electrons. The Morgan fingerprint density at radius 2 is 1.79 bits per heavy atom. The largest absolute Gasteiger partial charge is 0.355 e. The van der Waals surface area contributed by atoms with Gasteiger partial charge in [0, 0.05) is 30.1 Å². The molecule has 2 aromatic rings. The number of nitrogens with one attached hydrogen (secondary N) is 1. The van der Waals surface area contributed by atoms with Gasteiger partial charge < -0.3 is 5.32 Å². The number of rotatable bonds is 4. The summed E-state index contributed by atoms with van der Waals surface area (Å²) in [6, 6.07) is 11.7. The predicted octanol–water partition coefficient (Wildman–Crippen LogP) is 3.06. The van der Waals surface area contributed by atoms with Crippen LogP contribution in [-0.2, 0) is 6.42 Å². The summed E-state index contributed by atoms with van der Waals surface area (Å²) < 4.78 is 0. The van der Waals surface area contributed by atoms with Crippen molar-refractivity contribution < 1.29 is 4.79 Å². The van der Waals surface area contributed by atoms with Crippen LogP contribution in [-0.4, -0.2) is 17.9 Å². The van der Waals surface area contributed by atoms with E-state index in [9.17, 15) is 4.79 Å². The van der Waals surface area contributed by atoms with Gasteiger partial charge in [-0.2, -0.15) is 0 Å². The first-order valence-corrected chi connectivity index (χ1v) is 6.52. The predicted molar refractivity (Wildman–Crippen MR) is 77.1 cm³/mol. The van der Waals surface area contributed by atoms with Crippen molar-refractivity contribution in [1.82, 2.24) is 10.3 Å². The summed E-state index contributed by atoms with van der Waals surface area (Å²) >= 11 is 0. The minimum atomic E-state index is -0.0667. The minimum Gasteiger partial charge on any atom is -0.355 e. The summed E-state index contributed by atoms with van der Waals surface area (Å²) in [5.74, 6) is -0.0667. The van der Waals surface area contributed by atoms with E-state index in [1.807, 2.05) is 30.5 Å². The summed E-state index contributed by atoms with van der Waals surface area (Å²) in [6.07, 6.45) is 4.00. The van der Waals surface area contributed by atoms with Crippen LogP contribution < -0.4 is 5.32 Å². The fraction of sp³-hybridized carbons (Fsp3) is 0.250. The normalized spacial score (nSPS) is 10.2. The van der Waals surface area contributed by atoms with Crippen molar-refractivity contribution in [2.75, 3.05) is 7.05 Å². The Hall–Kier alpha value is -2.16. The van der Waals surface area contributed by atoms with Crippen LogP contribution in [0.15, 0.2) is 42.6 Å². The molecule has 0 fully saturated rings. The highest BCUT2D eigenvalue weighted by molar-refractivity contribution is 5.94. The van der Waals surface area contributed by atoms with Gasteiger partial charge in [-0.15, -0.1) is 0 Å². The van der Waals surface area contributed by atoms with Gasteiger partial charge in [0.1, 0.15) is 0 Å². The summed E-state index contributed by atoms with van der Waals surface area (Å²) in [6.45, 7) is 2.15. The quantitative estimate of drug-likeness (QED) is 0.911. The number of hydrogen-bond acceptors (Lipinski definition) is 2. The summed E-state index contributed by atoms with van der Waals surface area (Å²) in [5, 5.41) is 2.61. The van der Waals surface area contributed by atoms with Crippen molar-refractivity contribution in [3.8, 4) is 11.1 Å². The number of amides is 1. The average Bonchev–Trinajstić information content (AvgIpc) is 2.48. The maximum absolute atomic E-state index is 11.5. The number of nitrogens with zero attached hydrogens (tertiary/aromatic N) is 1. The SMILES string of the molecule is CCCc1ccc(-c2ccc(C(=O)NC)cc2)cn1. The van der Waals surface area contributed by atoms with Crippen LogP contribution in [0.3, 0.4) is 0 Å². The molecule has 2 rings (SSSR count). The highest BCUT2D eigenvalue weighted by atomic mass is 16.1. The molecule has 1 amide bonds. The van der Waals surface area contributed by atoms with E-state index in [0.29, 0.717) is 5.56 Å². The van der Waals surface area contributed by atoms with Crippen LogP contribution in [0.25, 0.3) is 11.1 Å². The van der Waals surface area contributed by atoms with Gasteiger partial charge in [0.2, 0.25) is 0 Å². The van der Waals surface area contributed by atoms with Gasteiger partial charge in [-0.25, -0.2) is 0 Å². The molecule has 0 aliphatic carbocycles. The van der Waals surface area contributed by atoms with Crippen LogP contribution in [0, 0.1) is 0 Å². The number of benzene rings is 1. The zero-order valence-corrected chi connectivity index (χ0v) is 11.3. The van der Waals surface area contributed by atoms with Crippen LogP contribution in [0.2, 0.25) is 0 Å². The van der Waals surface area contributed by atoms with Crippen molar-refractivity contribution in [1.29, 1.82) is 0 Å². The van der Waals surface area contributed by atoms with E-state index in [0.717, 1.165) is 29.7 Å². The molecule has 1 N–H and O–H groups in total. The fourth-order valence-corrected chi connectivity index (χ4v) is 1.96. The summed E-state index contributed by atoms with van der Waals surface area (Å²) in [4.78, 5) is 15.9. The lowest BCUT2D eigenvalue weighted by atomic mass is 10.0. The maximum atomic E-state index is 11.5. The molecule has 0 unspecified atom stereocenters. The Balaban J connectivity index is 2.19. The molecular weight excluding hydrogens is 236 g/mol. The molecule has 0 spiro atoms. The first-order chi connectivity index (χ1) is 9.24. The van der Waals surface area contributed by atoms with E-state index in [1.165, 1.54) is 0 Å². The Kier molecular flexibility index (Phi) is 4.29. The summed E-state index contributed by atoms with van der Waals surface area (Å²) in [7, 11) is 1.63. The molecule has 0 atom stereocenters. The minimum absolute atomic E-state index is 0.0667. The molecule has 19 heavy (non-hydrogen) atoms. The Morgan fingerprint density at radius 3 is 2.32 bits per heavy atom. The zero-order chi connectivity index (χ0) is 13.7. The second-order valence-electron chi connectivity index (χ2n) is 4.44. The lowest BCUT2D eigenvalue weighted by Crippen LogP contribution is -2.17. The molecular formula is C16H18N2O. The van der Waals surface area contributed by atoms with E-state index < -0.39 is 0 Å². The molecule has 0 aliphatic rings. The first kappa shape index (κ1) is 13.3. The van der Waals surface area contributed by atoms with Crippen LogP contribution in [0.1, 0.15) is 29.4 Å². The summed E-state index contributed by atoms with van der Waals surface area (Å²) in [5.41, 5.74) is 3.93. The van der Waals surface area contributed by atoms with Crippen molar-refractivity contribution in [2.45, 2.75) is 19.8 Å². The van der Waals surface area contributed by atoms with E-state index in [4.69, 9.17) is 0 Å². The van der Waals surface area contributed by atoms with E-state index in [-0.39, 0.29) is 5.91 Å². The van der Waals surface area contributed by atoms with Gasteiger partial charge in [0.25, 0.3) is 5.91 Å². The molecule has 0 saturated carbocycles. The van der Waals surface area contributed by atoms with Crippen molar-refractivity contribution >= 4 is 5.91 Å². The van der Waals surface area contributed by atoms with Crippen LogP contribution in [0.4, 0.5) is 0 Å². The molecule has 1 heterocycles. The Labute approximate surface area is 113 Å². The molecule has 1 aromatic heterocycles. The molecule has 0 bridgehead atoms.